The van der Waals surface area contributed by atoms with Crippen molar-refractivity contribution in [1.29, 1.82) is 0 Å². The van der Waals surface area contributed by atoms with E-state index in [1.54, 1.807) is 6.92 Å². The van der Waals surface area contributed by atoms with Crippen LogP contribution in [0.2, 0.25) is 0 Å². The van der Waals surface area contributed by atoms with Crippen molar-refractivity contribution in [3.63, 3.8) is 0 Å². The maximum Gasteiger partial charge on any atom is 0.325 e. The molecule has 0 radical (unpaired) electrons. The highest BCUT2D eigenvalue weighted by molar-refractivity contribution is 5.82. The van der Waals surface area contributed by atoms with Crippen LogP contribution in [0.3, 0.4) is 0 Å². The number of carbonyl (C=O) groups excluding carboxylic acids is 1. The van der Waals surface area contributed by atoms with E-state index in [0.29, 0.717) is 5.69 Å². The smallest absolute Gasteiger partial charge is 0.311 e. The number of carbonyl (C=O) groups is 1. The molecule has 1 heterocycles. The minimum atomic E-state index is -0.587. The predicted octanol–water partition coefficient (Wildman–Crippen LogP) is -0.244. The minimum absolute atomic E-state index is 0.0961. The van der Waals surface area contributed by atoms with Crippen molar-refractivity contribution in [2.45, 2.75) is 19.8 Å². The van der Waals surface area contributed by atoms with Gasteiger partial charge in [0.05, 0.1) is 5.92 Å². The lowest BCUT2D eigenvalue weighted by atomic mass is 10.0. The highest BCUT2D eigenvalue weighted by atomic mass is 16.2. The van der Waals surface area contributed by atoms with Crippen LogP contribution in [0.4, 0.5) is 0 Å². The van der Waals surface area contributed by atoms with Crippen molar-refractivity contribution in [3.05, 3.63) is 32.6 Å². The first-order valence-corrected chi connectivity index (χ1v) is 3.84. The van der Waals surface area contributed by atoms with Gasteiger partial charge < -0.3 is 4.98 Å². The van der Waals surface area contributed by atoms with E-state index in [0.717, 1.165) is 0 Å². The topological polar surface area (TPSA) is 82.8 Å². The monoisotopic (exact) mass is 182 g/mol. The van der Waals surface area contributed by atoms with E-state index in [-0.39, 0.29) is 5.78 Å². The summed E-state index contributed by atoms with van der Waals surface area (Å²) >= 11 is 0. The Morgan fingerprint density at radius 3 is 2.46 bits per heavy atom. The van der Waals surface area contributed by atoms with E-state index in [1.807, 2.05) is 4.98 Å². The van der Waals surface area contributed by atoms with Gasteiger partial charge in [-0.2, -0.15) is 0 Å². The Morgan fingerprint density at radius 2 is 2.00 bits per heavy atom. The van der Waals surface area contributed by atoms with Crippen LogP contribution in [-0.2, 0) is 4.79 Å². The summed E-state index contributed by atoms with van der Waals surface area (Å²) in [5.74, 6) is -0.545. The summed E-state index contributed by atoms with van der Waals surface area (Å²) < 4.78 is 0. The molecule has 1 unspecified atom stereocenters. The van der Waals surface area contributed by atoms with Crippen LogP contribution in [0.15, 0.2) is 15.7 Å². The lowest BCUT2D eigenvalue weighted by Gasteiger charge is -2.05. The third kappa shape index (κ3) is 2.14. The highest BCUT2D eigenvalue weighted by Crippen LogP contribution is 2.09. The molecule has 1 rings (SSSR count). The number of H-pyrrole nitrogens is 2. The van der Waals surface area contributed by atoms with Gasteiger partial charge in [-0.15, -0.1) is 0 Å². The van der Waals surface area contributed by atoms with Gasteiger partial charge in [-0.05, 0) is 13.8 Å². The molecule has 0 aromatic carbocycles. The molecule has 2 N–H and O–H groups in total. The number of rotatable bonds is 2. The molecule has 0 saturated carbocycles. The standard InChI is InChI=1S/C8H10N2O3/c1-4(5(2)11)6-3-7(12)10-8(13)9-6/h3-4H,1-2H3,(H2,9,10,12,13). The summed E-state index contributed by atoms with van der Waals surface area (Å²) in [7, 11) is 0. The van der Waals surface area contributed by atoms with Gasteiger partial charge in [0.25, 0.3) is 5.56 Å². The second-order valence-electron chi connectivity index (χ2n) is 2.88. The molecule has 0 amide bonds. The van der Waals surface area contributed by atoms with Crippen LogP contribution in [-0.4, -0.2) is 15.8 Å². The molecule has 1 atom stereocenters. The summed E-state index contributed by atoms with van der Waals surface area (Å²) in [6.45, 7) is 3.04. The molecule has 0 bridgehead atoms. The van der Waals surface area contributed by atoms with Gasteiger partial charge in [-0.3, -0.25) is 14.6 Å². The Kier molecular flexibility index (Phi) is 2.46. The van der Waals surface area contributed by atoms with Crippen molar-refractivity contribution < 1.29 is 4.79 Å². The number of Topliss-reactive ketones (excluding diaryl/α,β-unsaturated/α-hetero) is 1. The maximum absolute atomic E-state index is 10.9. The fourth-order valence-electron chi connectivity index (χ4n) is 0.940. The van der Waals surface area contributed by atoms with Gasteiger partial charge in [0.1, 0.15) is 5.78 Å². The first-order valence-electron chi connectivity index (χ1n) is 3.84. The first kappa shape index (κ1) is 9.44. The lowest BCUT2D eigenvalue weighted by molar-refractivity contribution is -0.118. The van der Waals surface area contributed by atoms with E-state index < -0.39 is 17.2 Å². The van der Waals surface area contributed by atoms with Gasteiger partial charge in [0, 0.05) is 11.8 Å². The van der Waals surface area contributed by atoms with E-state index in [2.05, 4.69) is 4.98 Å². The quantitative estimate of drug-likeness (QED) is 0.661. The van der Waals surface area contributed by atoms with Crippen LogP contribution in [0, 0.1) is 0 Å². The molecule has 0 aliphatic rings. The fourth-order valence-corrected chi connectivity index (χ4v) is 0.940. The summed E-state index contributed by atoms with van der Waals surface area (Å²) in [4.78, 5) is 37.0. The molecule has 0 fully saturated rings. The number of hydrogen-bond donors (Lipinski definition) is 2. The van der Waals surface area contributed by atoms with E-state index in [1.165, 1.54) is 13.0 Å². The molecule has 0 spiro atoms. The zero-order valence-electron chi connectivity index (χ0n) is 7.38. The second kappa shape index (κ2) is 3.38. The zero-order valence-corrected chi connectivity index (χ0v) is 7.38. The van der Waals surface area contributed by atoms with Crippen LogP contribution in [0.25, 0.3) is 0 Å². The molecule has 1 aromatic rings. The number of aromatic amines is 2. The van der Waals surface area contributed by atoms with Gasteiger partial charge in [0.2, 0.25) is 0 Å². The van der Waals surface area contributed by atoms with Gasteiger partial charge in [-0.1, -0.05) is 0 Å². The number of aromatic nitrogens is 2. The predicted molar refractivity (Wildman–Crippen MR) is 46.8 cm³/mol. The summed E-state index contributed by atoms with van der Waals surface area (Å²) in [6.07, 6.45) is 0. The summed E-state index contributed by atoms with van der Waals surface area (Å²) in [5, 5.41) is 0. The molecular formula is C8H10N2O3. The highest BCUT2D eigenvalue weighted by Gasteiger charge is 2.11. The minimum Gasteiger partial charge on any atom is -0.311 e. The molecular weight excluding hydrogens is 172 g/mol. The normalized spacial score (nSPS) is 12.5. The van der Waals surface area contributed by atoms with Gasteiger partial charge >= 0.3 is 5.69 Å². The Labute approximate surface area is 73.8 Å². The van der Waals surface area contributed by atoms with Crippen molar-refractivity contribution in [3.8, 4) is 0 Å². The van der Waals surface area contributed by atoms with Crippen LogP contribution in [0.5, 0.6) is 0 Å². The maximum atomic E-state index is 10.9. The molecule has 0 aliphatic carbocycles. The SMILES string of the molecule is CC(=O)C(C)c1cc(=O)[nH]c(=O)[nH]1. The third-order valence-corrected chi connectivity index (χ3v) is 1.86. The van der Waals surface area contributed by atoms with Crippen molar-refractivity contribution in [1.82, 2.24) is 9.97 Å². The zero-order chi connectivity index (χ0) is 10.0. The number of nitrogens with one attached hydrogen (secondary N) is 2. The largest absolute Gasteiger partial charge is 0.325 e. The van der Waals surface area contributed by atoms with Crippen LogP contribution < -0.4 is 11.2 Å². The van der Waals surface area contributed by atoms with Crippen LogP contribution in [0.1, 0.15) is 25.5 Å². The van der Waals surface area contributed by atoms with Crippen molar-refractivity contribution >= 4 is 5.78 Å². The van der Waals surface area contributed by atoms with Gasteiger partial charge in [0.15, 0.2) is 0 Å². The molecule has 13 heavy (non-hydrogen) atoms. The molecule has 0 aliphatic heterocycles. The Bertz CT molecular complexity index is 401. The third-order valence-electron chi connectivity index (χ3n) is 1.86. The van der Waals surface area contributed by atoms with Gasteiger partial charge in [-0.25, -0.2) is 4.79 Å². The molecule has 5 heteroatoms. The van der Waals surface area contributed by atoms with E-state index in [4.69, 9.17) is 0 Å². The fraction of sp³-hybridized carbons (Fsp3) is 0.375. The average molecular weight is 182 g/mol. The second-order valence-corrected chi connectivity index (χ2v) is 2.88. The molecule has 1 aromatic heterocycles. The molecule has 5 nitrogen and oxygen atoms in total. The van der Waals surface area contributed by atoms with Crippen molar-refractivity contribution in [2.24, 2.45) is 0 Å². The lowest BCUT2D eigenvalue weighted by Crippen LogP contribution is -2.25. The Morgan fingerprint density at radius 1 is 1.38 bits per heavy atom. The van der Waals surface area contributed by atoms with E-state index in [9.17, 15) is 14.4 Å². The molecule has 0 saturated heterocycles. The average Bonchev–Trinajstić information content (AvgIpc) is 2.01. The first-order chi connectivity index (χ1) is 6.00. The summed E-state index contributed by atoms with van der Waals surface area (Å²) in [6, 6.07) is 1.22. The van der Waals surface area contributed by atoms with Crippen LogP contribution >= 0.6 is 0 Å². The number of hydrogen-bond acceptors (Lipinski definition) is 3. The Hall–Kier alpha value is -1.65. The Balaban J connectivity index is 3.23. The van der Waals surface area contributed by atoms with Crippen molar-refractivity contribution in [2.75, 3.05) is 0 Å². The number of ketones is 1. The van der Waals surface area contributed by atoms with E-state index >= 15 is 0 Å². The molecule has 70 valence electrons. The summed E-state index contributed by atoms with van der Waals surface area (Å²) in [5.41, 5.74) is -0.733.